The van der Waals surface area contributed by atoms with E-state index in [2.05, 4.69) is 61.5 Å². The molecule has 2 fully saturated rings. The van der Waals surface area contributed by atoms with Crippen LogP contribution in [0.4, 0.5) is 4.79 Å². The van der Waals surface area contributed by atoms with Crippen molar-refractivity contribution < 1.29 is 9.53 Å². The van der Waals surface area contributed by atoms with Gasteiger partial charge in [-0.15, -0.1) is 0 Å². The molecule has 0 saturated carbocycles. The fraction of sp³-hybridized carbons (Fsp3) is 0.400. The van der Waals surface area contributed by atoms with Crippen LogP contribution in [0.3, 0.4) is 0 Å². The van der Waals surface area contributed by atoms with Crippen LogP contribution in [0.15, 0.2) is 60.2 Å². The number of benzene rings is 2. The highest BCUT2D eigenvalue weighted by Crippen LogP contribution is 2.45. The molecule has 2 bridgehead atoms. The van der Waals surface area contributed by atoms with Gasteiger partial charge in [-0.25, -0.2) is 4.79 Å². The quantitative estimate of drug-likeness (QED) is 0.627. The first kappa shape index (κ1) is 17.5. The van der Waals surface area contributed by atoms with E-state index in [-0.39, 0.29) is 12.0 Å². The molecule has 0 aromatic heterocycles. The zero-order valence-electron chi connectivity index (χ0n) is 16.4. The lowest BCUT2D eigenvalue weighted by Gasteiger charge is -2.35. The van der Waals surface area contributed by atoms with Gasteiger partial charge in [0.25, 0.3) is 0 Å². The van der Waals surface area contributed by atoms with Gasteiger partial charge in [0, 0.05) is 18.0 Å². The summed E-state index contributed by atoms with van der Waals surface area (Å²) in [7, 11) is 0. The van der Waals surface area contributed by atoms with Gasteiger partial charge in [-0.1, -0.05) is 67.1 Å². The molecule has 28 heavy (non-hydrogen) atoms. The number of hydrogen-bond acceptors (Lipinski definition) is 2. The normalized spacial score (nSPS) is 22.8. The van der Waals surface area contributed by atoms with Crippen molar-refractivity contribution in [3.05, 3.63) is 71.3 Å². The van der Waals surface area contributed by atoms with Crippen molar-refractivity contribution in [3.8, 4) is 11.1 Å². The lowest BCUT2D eigenvalue weighted by atomic mass is 9.96. The number of carbonyl (C=O) groups is 1. The Morgan fingerprint density at radius 3 is 2.14 bits per heavy atom. The predicted octanol–water partition coefficient (Wildman–Crippen LogP) is 5.90. The minimum Gasteiger partial charge on any atom is -0.448 e. The Morgan fingerprint density at radius 2 is 1.57 bits per heavy atom. The number of ether oxygens (including phenoxy) is 1. The van der Waals surface area contributed by atoms with Gasteiger partial charge in [0.15, 0.2) is 0 Å². The van der Waals surface area contributed by atoms with Crippen molar-refractivity contribution in [2.24, 2.45) is 0 Å². The Morgan fingerprint density at radius 1 is 1.00 bits per heavy atom. The topological polar surface area (TPSA) is 29.5 Å². The monoisotopic (exact) mass is 373 g/mol. The van der Waals surface area contributed by atoms with Gasteiger partial charge in [0.2, 0.25) is 0 Å². The van der Waals surface area contributed by atoms with E-state index in [0.717, 1.165) is 32.1 Å². The summed E-state index contributed by atoms with van der Waals surface area (Å²) < 4.78 is 5.92. The third-order valence-electron chi connectivity index (χ3n) is 6.66. The van der Waals surface area contributed by atoms with Gasteiger partial charge in [0.05, 0.1) is 0 Å². The molecule has 2 aromatic carbocycles. The summed E-state index contributed by atoms with van der Waals surface area (Å²) in [5.41, 5.74) is 6.60. The van der Waals surface area contributed by atoms with E-state index < -0.39 is 0 Å². The highest BCUT2D eigenvalue weighted by Gasteiger charge is 2.42. The summed E-state index contributed by atoms with van der Waals surface area (Å²) in [5.74, 6) is 0.134. The van der Waals surface area contributed by atoms with E-state index in [1.54, 1.807) is 0 Å². The lowest BCUT2D eigenvalue weighted by Crippen LogP contribution is -2.45. The number of hydrogen-bond donors (Lipinski definition) is 0. The van der Waals surface area contributed by atoms with E-state index in [1.165, 1.54) is 27.8 Å². The predicted molar refractivity (Wildman–Crippen MR) is 111 cm³/mol. The second-order valence-corrected chi connectivity index (χ2v) is 8.28. The maximum Gasteiger partial charge on any atom is 0.410 e. The molecule has 144 valence electrons. The molecule has 0 N–H and O–H groups in total. The molecule has 3 aliphatic rings. The Labute approximate surface area is 167 Å². The van der Waals surface area contributed by atoms with E-state index in [1.807, 2.05) is 4.90 Å². The van der Waals surface area contributed by atoms with Crippen molar-refractivity contribution in [1.82, 2.24) is 4.90 Å². The fourth-order valence-corrected chi connectivity index (χ4v) is 5.47. The second-order valence-electron chi connectivity index (χ2n) is 8.28. The van der Waals surface area contributed by atoms with Gasteiger partial charge in [-0.05, 0) is 54.4 Å². The smallest absolute Gasteiger partial charge is 0.410 e. The summed E-state index contributed by atoms with van der Waals surface area (Å²) in [6.45, 7) is 2.60. The molecular formula is C25H27NO2. The Kier molecular flexibility index (Phi) is 4.46. The van der Waals surface area contributed by atoms with Gasteiger partial charge >= 0.3 is 6.09 Å². The van der Waals surface area contributed by atoms with Crippen LogP contribution in [0.2, 0.25) is 0 Å². The van der Waals surface area contributed by atoms with Crippen LogP contribution in [-0.4, -0.2) is 29.7 Å². The van der Waals surface area contributed by atoms with E-state index in [0.29, 0.717) is 18.7 Å². The van der Waals surface area contributed by atoms with Crippen LogP contribution in [-0.2, 0) is 4.74 Å². The summed E-state index contributed by atoms with van der Waals surface area (Å²) >= 11 is 0. The van der Waals surface area contributed by atoms with Crippen molar-refractivity contribution in [3.63, 3.8) is 0 Å². The zero-order valence-corrected chi connectivity index (χ0v) is 16.4. The maximum absolute atomic E-state index is 13.0. The first-order valence-corrected chi connectivity index (χ1v) is 10.6. The SMILES string of the molecule is CCC=C1CC2CCC(C1)N2C(=O)OCC1c2ccccc2-c2ccccc21. The molecule has 2 aliphatic heterocycles. The standard InChI is InChI=1S/C25H27NO2/c1-2-7-17-14-18-12-13-19(15-17)26(18)25(27)28-16-24-22-10-5-3-8-20(22)21-9-4-6-11-23(21)24/h3-11,18-19,24H,2,12-16H2,1H3. The van der Waals surface area contributed by atoms with Gasteiger partial charge < -0.3 is 9.64 Å². The highest BCUT2D eigenvalue weighted by atomic mass is 16.6. The number of carbonyl (C=O) groups excluding carboxylic acids is 1. The van der Waals surface area contributed by atoms with Crippen LogP contribution in [0, 0.1) is 0 Å². The molecule has 0 spiro atoms. The molecule has 5 rings (SSSR count). The van der Waals surface area contributed by atoms with E-state index in [4.69, 9.17) is 4.74 Å². The third kappa shape index (κ3) is 2.85. The Bertz CT molecular complexity index is 870. The van der Waals surface area contributed by atoms with E-state index in [9.17, 15) is 4.79 Å². The molecule has 1 amide bonds. The molecular weight excluding hydrogens is 346 g/mol. The summed E-state index contributed by atoms with van der Waals surface area (Å²) in [6, 6.07) is 17.6. The molecule has 3 nitrogen and oxygen atoms in total. The van der Waals surface area contributed by atoms with Crippen molar-refractivity contribution in [2.45, 2.75) is 57.0 Å². The molecule has 0 radical (unpaired) electrons. The molecule has 2 atom stereocenters. The van der Waals surface area contributed by atoms with Gasteiger partial charge in [-0.3, -0.25) is 0 Å². The number of fused-ring (bicyclic) bond motifs is 5. The van der Waals surface area contributed by atoms with Crippen molar-refractivity contribution in [1.29, 1.82) is 0 Å². The molecule has 2 unspecified atom stereocenters. The molecule has 2 saturated heterocycles. The first-order valence-electron chi connectivity index (χ1n) is 10.6. The Balaban J connectivity index is 1.32. The second kappa shape index (κ2) is 7.12. The average Bonchev–Trinajstić information content (AvgIpc) is 3.18. The van der Waals surface area contributed by atoms with Crippen LogP contribution >= 0.6 is 0 Å². The minimum absolute atomic E-state index is 0.120. The maximum atomic E-state index is 13.0. The number of amides is 1. The van der Waals surface area contributed by atoms with Gasteiger partial charge in [-0.2, -0.15) is 0 Å². The third-order valence-corrected chi connectivity index (χ3v) is 6.66. The van der Waals surface area contributed by atoms with Crippen LogP contribution in [0.5, 0.6) is 0 Å². The number of piperidine rings is 1. The number of nitrogens with zero attached hydrogens (tertiary/aromatic N) is 1. The highest BCUT2D eigenvalue weighted by molar-refractivity contribution is 5.79. The zero-order chi connectivity index (χ0) is 19.1. The number of rotatable bonds is 3. The number of allylic oxidation sites excluding steroid dienone is 1. The average molecular weight is 373 g/mol. The summed E-state index contributed by atoms with van der Waals surface area (Å²) in [5, 5.41) is 0. The molecule has 2 aromatic rings. The van der Waals surface area contributed by atoms with Crippen LogP contribution < -0.4 is 0 Å². The minimum atomic E-state index is -0.120. The largest absolute Gasteiger partial charge is 0.448 e. The summed E-state index contributed by atoms with van der Waals surface area (Å²) in [6.07, 6.45) is 7.57. The summed E-state index contributed by atoms with van der Waals surface area (Å²) in [4.78, 5) is 15.0. The molecule has 3 heteroatoms. The van der Waals surface area contributed by atoms with Gasteiger partial charge in [0.1, 0.15) is 6.61 Å². The van der Waals surface area contributed by atoms with Crippen molar-refractivity contribution in [2.75, 3.05) is 6.61 Å². The lowest BCUT2D eigenvalue weighted by molar-refractivity contribution is 0.0753. The first-order chi connectivity index (χ1) is 13.8. The van der Waals surface area contributed by atoms with Crippen LogP contribution in [0.25, 0.3) is 11.1 Å². The van der Waals surface area contributed by atoms with Crippen LogP contribution in [0.1, 0.15) is 56.1 Å². The van der Waals surface area contributed by atoms with E-state index >= 15 is 0 Å². The fourth-order valence-electron chi connectivity index (χ4n) is 5.47. The molecule has 1 aliphatic carbocycles. The van der Waals surface area contributed by atoms with Crippen molar-refractivity contribution >= 4 is 6.09 Å². The Hall–Kier alpha value is -2.55. The molecule has 2 heterocycles.